The maximum atomic E-state index is 11.8. The van der Waals surface area contributed by atoms with Gasteiger partial charge < -0.3 is 4.90 Å². The van der Waals surface area contributed by atoms with Crippen LogP contribution >= 0.6 is 0 Å². The van der Waals surface area contributed by atoms with Crippen LogP contribution in [0.4, 0.5) is 0 Å². The normalized spacial score (nSPS) is 19.6. The lowest BCUT2D eigenvalue weighted by atomic mass is 10.1. The molecule has 0 spiro atoms. The van der Waals surface area contributed by atoms with Gasteiger partial charge in [0.05, 0.1) is 6.26 Å². The van der Waals surface area contributed by atoms with Gasteiger partial charge in [-0.25, -0.2) is 13.1 Å². The fourth-order valence-corrected chi connectivity index (χ4v) is 3.25. The molecular weight excluding hydrogens is 276 g/mol. The number of benzene rings is 1. The lowest BCUT2D eigenvalue weighted by Gasteiger charge is -2.16. The number of sulfonamides is 1. The van der Waals surface area contributed by atoms with E-state index in [2.05, 4.69) is 16.9 Å². The molecule has 0 saturated carbocycles. The molecule has 1 atom stereocenters. The molecule has 0 unspecified atom stereocenters. The average Bonchev–Trinajstić information content (AvgIpc) is 2.68. The number of carbonyl (C=O) groups excluding carboxylic acids is 1. The summed E-state index contributed by atoms with van der Waals surface area (Å²) in [7, 11) is -3.25. The predicted octanol–water partition coefficient (Wildman–Crippen LogP) is 0.769. The minimum Gasteiger partial charge on any atom is -0.341 e. The molecule has 1 fully saturated rings. The summed E-state index contributed by atoms with van der Waals surface area (Å²) in [5, 5.41) is 0. The van der Waals surface area contributed by atoms with Crippen LogP contribution in [0.3, 0.4) is 0 Å². The van der Waals surface area contributed by atoms with Gasteiger partial charge in [0.15, 0.2) is 0 Å². The van der Waals surface area contributed by atoms with E-state index in [9.17, 15) is 13.2 Å². The summed E-state index contributed by atoms with van der Waals surface area (Å²) in [6.07, 6.45) is 3.20. The van der Waals surface area contributed by atoms with Crippen LogP contribution in [-0.2, 0) is 21.2 Å². The minimum absolute atomic E-state index is 0.0270. The third-order valence-electron chi connectivity index (χ3n) is 3.33. The van der Waals surface area contributed by atoms with E-state index in [0.717, 1.165) is 19.1 Å². The molecule has 1 N–H and O–H groups in total. The second kappa shape index (κ2) is 6.37. The zero-order valence-corrected chi connectivity index (χ0v) is 12.4. The molecule has 0 radical (unpaired) electrons. The summed E-state index contributed by atoms with van der Waals surface area (Å²) in [6.45, 7) is 1.15. The monoisotopic (exact) mass is 296 g/mol. The first-order valence-electron chi connectivity index (χ1n) is 6.73. The van der Waals surface area contributed by atoms with Gasteiger partial charge in [-0.3, -0.25) is 4.79 Å². The minimum atomic E-state index is -3.25. The van der Waals surface area contributed by atoms with E-state index in [-0.39, 0.29) is 18.4 Å². The Morgan fingerprint density at radius 1 is 1.30 bits per heavy atom. The molecule has 1 aromatic rings. The number of rotatable bonds is 6. The summed E-state index contributed by atoms with van der Waals surface area (Å²) in [5.41, 5.74) is 1.25. The van der Waals surface area contributed by atoms with E-state index in [4.69, 9.17) is 0 Å². The van der Waals surface area contributed by atoms with Crippen molar-refractivity contribution in [2.75, 3.05) is 19.3 Å². The smallest absolute Gasteiger partial charge is 0.224 e. The van der Waals surface area contributed by atoms with Crippen molar-refractivity contribution in [2.45, 2.75) is 25.3 Å². The van der Waals surface area contributed by atoms with Gasteiger partial charge in [0.25, 0.3) is 0 Å². The highest BCUT2D eigenvalue weighted by molar-refractivity contribution is 7.88. The van der Waals surface area contributed by atoms with Crippen LogP contribution in [0.5, 0.6) is 0 Å². The number of aryl methyl sites for hydroxylation is 1. The Morgan fingerprint density at radius 2 is 2.00 bits per heavy atom. The number of amides is 1. The molecule has 110 valence electrons. The van der Waals surface area contributed by atoms with Gasteiger partial charge in [0.1, 0.15) is 0 Å². The van der Waals surface area contributed by atoms with Gasteiger partial charge in [-0.05, 0) is 18.4 Å². The zero-order chi connectivity index (χ0) is 14.6. The summed E-state index contributed by atoms with van der Waals surface area (Å²) >= 11 is 0. The van der Waals surface area contributed by atoms with E-state index in [1.165, 1.54) is 5.56 Å². The first-order valence-corrected chi connectivity index (χ1v) is 8.62. The van der Waals surface area contributed by atoms with Crippen molar-refractivity contribution in [3.05, 3.63) is 35.9 Å². The van der Waals surface area contributed by atoms with Crippen LogP contribution in [-0.4, -0.2) is 44.6 Å². The number of nitrogens with zero attached hydrogens (tertiary/aromatic N) is 1. The third kappa shape index (κ3) is 4.61. The van der Waals surface area contributed by atoms with Crippen molar-refractivity contribution < 1.29 is 13.2 Å². The summed E-state index contributed by atoms with van der Waals surface area (Å²) in [4.78, 5) is 13.5. The number of nitrogens with one attached hydrogen (secondary N) is 1. The van der Waals surface area contributed by atoms with Crippen LogP contribution in [0, 0.1) is 0 Å². The van der Waals surface area contributed by atoms with Crippen molar-refractivity contribution in [3.63, 3.8) is 0 Å². The van der Waals surface area contributed by atoms with Gasteiger partial charge in [-0.2, -0.15) is 0 Å². The highest BCUT2D eigenvalue weighted by Crippen LogP contribution is 2.13. The quantitative estimate of drug-likeness (QED) is 0.843. The van der Waals surface area contributed by atoms with Crippen LogP contribution in [0.15, 0.2) is 30.3 Å². The molecule has 5 nitrogen and oxygen atoms in total. The van der Waals surface area contributed by atoms with Crippen molar-refractivity contribution in [1.82, 2.24) is 9.62 Å². The van der Waals surface area contributed by atoms with E-state index in [0.29, 0.717) is 13.1 Å². The predicted molar refractivity (Wildman–Crippen MR) is 77.7 cm³/mol. The first-order chi connectivity index (χ1) is 9.44. The maximum Gasteiger partial charge on any atom is 0.224 e. The van der Waals surface area contributed by atoms with E-state index >= 15 is 0 Å². The molecule has 1 aliphatic rings. The molecular formula is C14H20N2O3S. The molecule has 0 bridgehead atoms. The van der Waals surface area contributed by atoms with Crippen molar-refractivity contribution in [3.8, 4) is 0 Å². The lowest BCUT2D eigenvalue weighted by molar-refractivity contribution is -0.127. The molecule has 1 aliphatic heterocycles. The lowest BCUT2D eigenvalue weighted by Crippen LogP contribution is -2.36. The van der Waals surface area contributed by atoms with Gasteiger partial charge in [-0.1, -0.05) is 30.3 Å². The maximum absolute atomic E-state index is 11.8. The van der Waals surface area contributed by atoms with Crippen molar-refractivity contribution in [1.29, 1.82) is 0 Å². The van der Waals surface area contributed by atoms with Crippen LogP contribution in [0.1, 0.15) is 18.4 Å². The molecule has 6 heteroatoms. The van der Waals surface area contributed by atoms with Gasteiger partial charge in [0, 0.05) is 25.6 Å². The van der Waals surface area contributed by atoms with Crippen LogP contribution < -0.4 is 4.72 Å². The van der Waals surface area contributed by atoms with Crippen molar-refractivity contribution >= 4 is 15.9 Å². The molecule has 1 amide bonds. The van der Waals surface area contributed by atoms with Gasteiger partial charge in [-0.15, -0.1) is 0 Å². The second-order valence-corrected chi connectivity index (χ2v) is 7.00. The SMILES string of the molecule is CS(=O)(=O)N[C@@H]1CC(=O)N(CCCc2ccccc2)C1. The summed E-state index contributed by atoms with van der Waals surface area (Å²) in [6, 6.07) is 9.84. The van der Waals surface area contributed by atoms with Crippen LogP contribution in [0.2, 0.25) is 0 Å². The van der Waals surface area contributed by atoms with E-state index < -0.39 is 10.0 Å². The molecule has 1 saturated heterocycles. The third-order valence-corrected chi connectivity index (χ3v) is 4.09. The fraction of sp³-hybridized carbons (Fsp3) is 0.500. The second-order valence-electron chi connectivity index (χ2n) is 5.22. The molecule has 20 heavy (non-hydrogen) atoms. The highest BCUT2D eigenvalue weighted by atomic mass is 32.2. The number of carbonyl (C=O) groups is 1. The Balaban J connectivity index is 1.78. The van der Waals surface area contributed by atoms with Gasteiger partial charge >= 0.3 is 0 Å². The van der Waals surface area contributed by atoms with Gasteiger partial charge in [0.2, 0.25) is 15.9 Å². The average molecular weight is 296 g/mol. The number of hydrogen-bond donors (Lipinski definition) is 1. The van der Waals surface area contributed by atoms with Crippen molar-refractivity contribution in [2.24, 2.45) is 0 Å². The standard InChI is InChI=1S/C14H20N2O3S/c1-20(18,19)15-13-10-14(17)16(11-13)9-5-8-12-6-3-2-4-7-12/h2-4,6-7,13,15H,5,8-11H2,1H3/t13-/m1/s1. The Hall–Kier alpha value is -1.40. The summed E-state index contributed by atoms with van der Waals surface area (Å²) in [5.74, 6) is 0.0270. The zero-order valence-electron chi connectivity index (χ0n) is 11.6. The number of hydrogen-bond acceptors (Lipinski definition) is 3. The largest absolute Gasteiger partial charge is 0.341 e. The molecule has 0 aliphatic carbocycles. The highest BCUT2D eigenvalue weighted by Gasteiger charge is 2.30. The van der Waals surface area contributed by atoms with E-state index in [1.54, 1.807) is 4.90 Å². The topological polar surface area (TPSA) is 66.5 Å². The Bertz CT molecular complexity index is 557. The Kier molecular flexibility index (Phi) is 4.77. The molecule has 1 aromatic carbocycles. The Labute approximate surface area is 120 Å². The molecule has 1 heterocycles. The summed E-state index contributed by atoms with van der Waals surface area (Å²) < 4.78 is 24.8. The fourth-order valence-electron chi connectivity index (χ4n) is 2.49. The van der Waals surface area contributed by atoms with Crippen LogP contribution in [0.25, 0.3) is 0 Å². The molecule has 0 aromatic heterocycles. The molecule has 2 rings (SSSR count). The first kappa shape index (κ1) is 15.0. The number of likely N-dealkylation sites (tertiary alicyclic amines) is 1. The Morgan fingerprint density at radius 3 is 2.65 bits per heavy atom. The van der Waals surface area contributed by atoms with E-state index in [1.807, 2.05) is 18.2 Å².